The molecular weight excluding hydrogens is 386 g/mol. The molecule has 10 heteroatoms. The van der Waals surface area contributed by atoms with Gasteiger partial charge < -0.3 is 9.42 Å². The van der Waals surface area contributed by atoms with Gasteiger partial charge in [-0.05, 0) is 12.1 Å². The molecule has 1 fully saturated rings. The highest BCUT2D eigenvalue weighted by atomic mass is 16.5. The van der Waals surface area contributed by atoms with Crippen molar-refractivity contribution in [3.8, 4) is 11.5 Å². The van der Waals surface area contributed by atoms with Crippen molar-refractivity contribution in [2.45, 2.75) is 18.9 Å². The van der Waals surface area contributed by atoms with E-state index in [4.69, 9.17) is 4.52 Å². The zero-order chi connectivity index (χ0) is 20.5. The molecule has 0 bridgehead atoms. The summed E-state index contributed by atoms with van der Waals surface area (Å²) in [6, 6.07) is 7.17. The fourth-order valence-electron chi connectivity index (χ4n) is 3.40. The number of aryl methyl sites for hydroxylation is 1. The summed E-state index contributed by atoms with van der Waals surface area (Å²) in [4.78, 5) is 43.5. The molecule has 0 saturated carbocycles. The average Bonchev–Trinajstić information content (AvgIpc) is 3.23. The van der Waals surface area contributed by atoms with Crippen LogP contribution in [-0.2, 0) is 11.3 Å². The first-order chi connectivity index (χ1) is 14.7. The molecule has 4 heterocycles. The summed E-state index contributed by atoms with van der Waals surface area (Å²) in [6.45, 7) is 1.30. The van der Waals surface area contributed by atoms with Crippen molar-refractivity contribution in [3.05, 3.63) is 65.4 Å². The molecule has 0 atom stereocenters. The van der Waals surface area contributed by atoms with Gasteiger partial charge in [-0.15, -0.1) is 0 Å². The summed E-state index contributed by atoms with van der Waals surface area (Å²) in [7, 11) is 0. The van der Waals surface area contributed by atoms with Crippen molar-refractivity contribution in [1.29, 1.82) is 0 Å². The predicted molar refractivity (Wildman–Crippen MR) is 105 cm³/mol. The van der Waals surface area contributed by atoms with E-state index in [2.05, 4.69) is 25.1 Å². The van der Waals surface area contributed by atoms with Gasteiger partial charge in [0.2, 0.25) is 17.6 Å². The lowest BCUT2D eigenvalue weighted by molar-refractivity contribution is -0.136. The number of para-hydroxylation sites is 1. The zero-order valence-corrected chi connectivity index (χ0v) is 15.9. The summed E-state index contributed by atoms with van der Waals surface area (Å²) in [5.41, 5.74) is 1.04. The summed E-state index contributed by atoms with van der Waals surface area (Å²) in [6.07, 6.45) is 6.41. The van der Waals surface area contributed by atoms with Crippen LogP contribution in [0, 0.1) is 0 Å². The number of carbonyl (C=O) groups excluding carboxylic acids is 1. The van der Waals surface area contributed by atoms with Crippen LogP contribution in [0.1, 0.15) is 18.2 Å². The van der Waals surface area contributed by atoms with Crippen LogP contribution in [0.3, 0.4) is 0 Å². The molecule has 30 heavy (non-hydrogen) atoms. The van der Waals surface area contributed by atoms with E-state index in [1.807, 2.05) is 6.07 Å². The van der Waals surface area contributed by atoms with Gasteiger partial charge in [-0.25, -0.2) is 9.97 Å². The molecule has 0 aliphatic carbocycles. The van der Waals surface area contributed by atoms with Gasteiger partial charge in [-0.3, -0.25) is 19.1 Å². The molecule has 3 aromatic heterocycles. The lowest BCUT2D eigenvalue weighted by Crippen LogP contribution is -2.48. The minimum atomic E-state index is -0.141. The normalized spacial score (nSPS) is 14.1. The lowest BCUT2D eigenvalue weighted by Gasteiger charge is -2.37. The molecule has 1 saturated heterocycles. The monoisotopic (exact) mass is 403 g/mol. The smallest absolute Gasteiger partial charge is 0.261 e. The number of carbonyl (C=O) groups is 1. The van der Waals surface area contributed by atoms with Gasteiger partial charge in [0.15, 0.2) is 0 Å². The van der Waals surface area contributed by atoms with E-state index in [1.54, 1.807) is 41.7 Å². The largest absolute Gasteiger partial charge is 0.341 e. The molecule has 0 unspecified atom stereocenters. The number of amides is 1. The first-order valence-electron chi connectivity index (χ1n) is 9.51. The van der Waals surface area contributed by atoms with Crippen LogP contribution in [0.15, 0.2) is 58.5 Å². The van der Waals surface area contributed by atoms with Gasteiger partial charge in [0.05, 0.1) is 29.3 Å². The van der Waals surface area contributed by atoms with Crippen LogP contribution in [0.25, 0.3) is 22.4 Å². The third-order valence-corrected chi connectivity index (χ3v) is 5.12. The Balaban J connectivity index is 1.18. The predicted octanol–water partition coefficient (Wildman–Crippen LogP) is 1.25. The van der Waals surface area contributed by atoms with E-state index in [1.165, 1.54) is 10.9 Å². The van der Waals surface area contributed by atoms with Crippen LogP contribution < -0.4 is 5.56 Å². The highest BCUT2D eigenvalue weighted by Gasteiger charge is 2.35. The minimum Gasteiger partial charge on any atom is -0.341 e. The second kappa shape index (κ2) is 7.47. The van der Waals surface area contributed by atoms with Gasteiger partial charge >= 0.3 is 0 Å². The Hall–Kier alpha value is -3.95. The molecule has 1 aliphatic heterocycles. The number of aromatic nitrogens is 6. The molecule has 150 valence electrons. The van der Waals surface area contributed by atoms with Gasteiger partial charge in [0.1, 0.15) is 5.69 Å². The second-order valence-electron chi connectivity index (χ2n) is 7.05. The highest BCUT2D eigenvalue weighted by molar-refractivity contribution is 5.78. The van der Waals surface area contributed by atoms with Crippen LogP contribution >= 0.6 is 0 Å². The molecule has 0 radical (unpaired) electrons. The highest BCUT2D eigenvalue weighted by Crippen LogP contribution is 2.27. The molecule has 4 aromatic rings. The number of rotatable bonds is 5. The van der Waals surface area contributed by atoms with Gasteiger partial charge in [-0.2, -0.15) is 4.98 Å². The van der Waals surface area contributed by atoms with Crippen LogP contribution in [0.4, 0.5) is 0 Å². The van der Waals surface area contributed by atoms with E-state index in [-0.39, 0.29) is 30.3 Å². The summed E-state index contributed by atoms with van der Waals surface area (Å²) < 4.78 is 6.79. The standard InChI is InChI=1S/C20H17N7O3/c28-17(5-8-26-12-23-15-4-2-1-3-14(15)20(26)29)27-10-13(11-27)19-24-18(25-30-19)16-9-21-6-7-22-16/h1-4,6-7,9,12-13H,5,8,10-11H2. The Morgan fingerprint density at radius 3 is 2.87 bits per heavy atom. The van der Waals surface area contributed by atoms with Crippen LogP contribution in [0.2, 0.25) is 0 Å². The van der Waals surface area contributed by atoms with Crippen molar-refractivity contribution in [1.82, 2.24) is 34.6 Å². The van der Waals surface area contributed by atoms with E-state index in [0.29, 0.717) is 41.4 Å². The molecule has 0 spiro atoms. The van der Waals surface area contributed by atoms with Crippen molar-refractivity contribution in [2.75, 3.05) is 13.1 Å². The molecule has 0 N–H and O–H groups in total. The third kappa shape index (κ3) is 3.32. The Morgan fingerprint density at radius 2 is 2.03 bits per heavy atom. The average molecular weight is 403 g/mol. The first kappa shape index (κ1) is 18.1. The summed E-state index contributed by atoms with van der Waals surface area (Å²) >= 11 is 0. The van der Waals surface area contributed by atoms with Crippen molar-refractivity contribution in [2.24, 2.45) is 0 Å². The Bertz CT molecular complexity index is 1260. The molecule has 10 nitrogen and oxygen atoms in total. The van der Waals surface area contributed by atoms with E-state index >= 15 is 0 Å². The first-order valence-corrected chi connectivity index (χ1v) is 9.51. The molecule has 5 rings (SSSR count). The SMILES string of the molecule is O=C(CCn1cnc2ccccc2c1=O)N1CC(c2nc(-c3cnccn3)no2)C1. The Labute approximate surface area is 170 Å². The Kier molecular flexibility index (Phi) is 4.51. The minimum absolute atomic E-state index is 0.00284. The topological polar surface area (TPSA) is 120 Å². The van der Waals surface area contributed by atoms with Crippen molar-refractivity contribution in [3.63, 3.8) is 0 Å². The fourth-order valence-corrected chi connectivity index (χ4v) is 3.40. The van der Waals surface area contributed by atoms with Crippen LogP contribution in [-0.4, -0.2) is 53.6 Å². The van der Waals surface area contributed by atoms with Gasteiger partial charge in [0, 0.05) is 38.4 Å². The summed E-state index contributed by atoms with van der Waals surface area (Å²) in [5, 5.41) is 4.48. The fraction of sp³-hybridized carbons (Fsp3) is 0.250. The molecule has 1 aliphatic rings. The van der Waals surface area contributed by atoms with Crippen molar-refractivity contribution < 1.29 is 9.32 Å². The molecule has 1 aromatic carbocycles. The van der Waals surface area contributed by atoms with E-state index in [9.17, 15) is 9.59 Å². The number of benzene rings is 1. The van der Waals surface area contributed by atoms with E-state index in [0.717, 1.165) is 0 Å². The Morgan fingerprint density at radius 1 is 1.17 bits per heavy atom. The number of hydrogen-bond donors (Lipinski definition) is 0. The zero-order valence-electron chi connectivity index (χ0n) is 15.9. The molecular formula is C20H17N7O3. The third-order valence-electron chi connectivity index (χ3n) is 5.12. The molecule has 1 amide bonds. The van der Waals surface area contributed by atoms with Gasteiger partial charge in [-0.1, -0.05) is 17.3 Å². The number of fused-ring (bicyclic) bond motifs is 1. The second-order valence-corrected chi connectivity index (χ2v) is 7.05. The maximum atomic E-state index is 12.5. The lowest BCUT2D eigenvalue weighted by atomic mass is 9.99. The maximum absolute atomic E-state index is 12.5. The number of likely N-dealkylation sites (tertiary alicyclic amines) is 1. The van der Waals surface area contributed by atoms with Gasteiger partial charge in [0.25, 0.3) is 5.56 Å². The maximum Gasteiger partial charge on any atom is 0.261 e. The van der Waals surface area contributed by atoms with Crippen LogP contribution in [0.5, 0.6) is 0 Å². The number of hydrogen-bond acceptors (Lipinski definition) is 8. The number of nitrogens with zero attached hydrogens (tertiary/aromatic N) is 7. The van der Waals surface area contributed by atoms with Crippen molar-refractivity contribution >= 4 is 16.8 Å². The summed E-state index contributed by atoms with van der Waals surface area (Å²) in [5.74, 6) is 0.831. The van der Waals surface area contributed by atoms with E-state index < -0.39 is 0 Å². The quantitative estimate of drug-likeness (QED) is 0.488.